The summed E-state index contributed by atoms with van der Waals surface area (Å²) in [5, 5.41) is 4.38. The molecule has 0 N–H and O–H groups in total. The summed E-state index contributed by atoms with van der Waals surface area (Å²) in [5.74, 6) is 0. The van der Waals surface area contributed by atoms with Gasteiger partial charge < -0.3 is 4.74 Å². The fourth-order valence-electron chi connectivity index (χ4n) is 2.47. The number of nitrogens with zero attached hydrogens (tertiary/aromatic N) is 2. The molecule has 1 aromatic heterocycles. The van der Waals surface area contributed by atoms with Crippen molar-refractivity contribution < 1.29 is 4.74 Å². The molecule has 2 aromatic rings. The van der Waals surface area contributed by atoms with Gasteiger partial charge in [-0.3, -0.25) is 4.90 Å². The standard InChI is InChI=1S/C15H16Cl2N2OS/c1-10-18-12(9-21-10)7-19-4-5-20-15(8-19)11-2-3-13(16)14(17)6-11/h2-3,6,9,15H,4-5,7-8H2,1H3. The number of thiazole rings is 1. The molecule has 6 heteroatoms. The van der Waals surface area contributed by atoms with Crippen molar-refractivity contribution >= 4 is 34.5 Å². The highest BCUT2D eigenvalue weighted by Gasteiger charge is 2.23. The summed E-state index contributed by atoms with van der Waals surface area (Å²) in [6, 6.07) is 5.70. The Kier molecular flexibility index (Phi) is 4.82. The fourth-order valence-corrected chi connectivity index (χ4v) is 3.38. The van der Waals surface area contributed by atoms with Crippen molar-refractivity contribution in [3.05, 3.63) is 49.9 Å². The van der Waals surface area contributed by atoms with Gasteiger partial charge in [-0.15, -0.1) is 11.3 Å². The van der Waals surface area contributed by atoms with E-state index < -0.39 is 0 Å². The Bertz CT molecular complexity index is 632. The van der Waals surface area contributed by atoms with E-state index in [2.05, 4.69) is 15.3 Å². The summed E-state index contributed by atoms with van der Waals surface area (Å²) in [6.45, 7) is 5.38. The number of rotatable bonds is 3. The van der Waals surface area contributed by atoms with E-state index in [-0.39, 0.29) is 6.10 Å². The Balaban J connectivity index is 1.68. The van der Waals surface area contributed by atoms with Crippen LogP contribution < -0.4 is 0 Å². The average molecular weight is 343 g/mol. The van der Waals surface area contributed by atoms with Crippen LogP contribution in [0.5, 0.6) is 0 Å². The predicted octanol–water partition coefficient (Wildman–Crippen LogP) is 4.33. The molecule has 0 saturated carbocycles. The summed E-state index contributed by atoms with van der Waals surface area (Å²) >= 11 is 13.8. The molecule has 0 amide bonds. The van der Waals surface area contributed by atoms with E-state index in [1.807, 2.05) is 25.1 Å². The molecule has 112 valence electrons. The second kappa shape index (κ2) is 6.63. The maximum atomic E-state index is 6.09. The van der Waals surface area contributed by atoms with Gasteiger partial charge in [0.2, 0.25) is 0 Å². The number of morpholine rings is 1. The van der Waals surface area contributed by atoms with Crippen molar-refractivity contribution in [1.82, 2.24) is 9.88 Å². The molecule has 2 heterocycles. The number of aromatic nitrogens is 1. The largest absolute Gasteiger partial charge is 0.371 e. The highest BCUT2D eigenvalue weighted by atomic mass is 35.5. The van der Waals surface area contributed by atoms with Crippen molar-refractivity contribution in [2.45, 2.75) is 19.6 Å². The van der Waals surface area contributed by atoms with Gasteiger partial charge in [0.1, 0.15) is 0 Å². The van der Waals surface area contributed by atoms with E-state index in [0.29, 0.717) is 16.7 Å². The molecule has 1 saturated heterocycles. The minimum Gasteiger partial charge on any atom is -0.371 e. The molecule has 1 aliphatic heterocycles. The van der Waals surface area contributed by atoms with Crippen LogP contribution in [0.3, 0.4) is 0 Å². The minimum atomic E-state index is 0.0354. The van der Waals surface area contributed by atoms with Gasteiger partial charge in [-0.25, -0.2) is 4.98 Å². The molecule has 0 bridgehead atoms. The third-order valence-electron chi connectivity index (χ3n) is 3.52. The van der Waals surface area contributed by atoms with Crippen LogP contribution >= 0.6 is 34.5 Å². The van der Waals surface area contributed by atoms with Crippen LogP contribution in [0.25, 0.3) is 0 Å². The van der Waals surface area contributed by atoms with Gasteiger partial charge in [0, 0.05) is 25.0 Å². The number of halogens is 2. The van der Waals surface area contributed by atoms with E-state index in [4.69, 9.17) is 27.9 Å². The summed E-state index contributed by atoms with van der Waals surface area (Å²) in [6.07, 6.45) is 0.0354. The summed E-state index contributed by atoms with van der Waals surface area (Å²) in [5.41, 5.74) is 2.20. The molecule has 1 unspecified atom stereocenters. The van der Waals surface area contributed by atoms with Crippen LogP contribution in [-0.4, -0.2) is 29.6 Å². The number of hydrogen-bond donors (Lipinski definition) is 0. The van der Waals surface area contributed by atoms with Gasteiger partial charge in [-0.2, -0.15) is 0 Å². The highest BCUT2D eigenvalue weighted by molar-refractivity contribution is 7.09. The normalized spacial score (nSPS) is 19.9. The molecule has 1 fully saturated rings. The van der Waals surface area contributed by atoms with Crippen LogP contribution in [0.1, 0.15) is 22.4 Å². The molecule has 1 aliphatic rings. The molecular weight excluding hydrogens is 327 g/mol. The smallest absolute Gasteiger partial charge is 0.0953 e. The third-order valence-corrected chi connectivity index (χ3v) is 5.08. The Morgan fingerprint density at radius 3 is 2.95 bits per heavy atom. The van der Waals surface area contributed by atoms with Crippen LogP contribution in [0.4, 0.5) is 0 Å². The average Bonchev–Trinajstić information content (AvgIpc) is 2.87. The van der Waals surface area contributed by atoms with E-state index >= 15 is 0 Å². The Morgan fingerprint density at radius 1 is 1.38 bits per heavy atom. The van der Waals surface area contributed by atoms with Gasteiger partial charge in [-0.1, -0.05) is 29.3 Å². The number of benzene rings is 1. The number of hydrogen-bond acceptors (Lipinski definition) is 4. The molecule has 1 atom stereocenters. The zero-order valence-electron chi connectivity index (χ0n) is 11.7. The van der Waals surface area contributed by atoms with Crippen molar-refractivity contribution in [3.8, 4) is 0 Å². The van der Waals surface area contributed by atoms with Crippen LogP contribution in [0.2, 0.25) is 10.0 Å². The molecule has 3 nitrogen and oxygen atoms in total. The molecule has 0 radical (unpaired) electrons. The Hall–Kier alpha value is -0.650. The molecular formula is C15H16Cl2N2OS. The van der Waals surface area contributed by atoms with Crippen molar-refractivity contribution in [1.29, 1.82) is 0 Å². The lowest BCUT2D eigenvalue weighted by molar-refractivity contribution is -0.0332. The molecule has 1 aromatic carbocycles. The lowest BCUT2D eigenvalue weighted by Gasteiger charge is -2.32. The Labute approximate surface area is 138 Å². The second-order valence-electron chi connectivity index (χ2n) is 5.13. The van der Waals surface area contributed by atoms with Gasteiger partial charge in [-0.05, 0) is 24.6 Å². The molecule has 0 spiro atoms. The fraction of sp³-hybridized carbons (Fsp3) is 0.400. The monoisotopic (exact) mass is 342 g/mol. The third kappa shape index (κ3) is 3.76. The maximum absolute atomic E-state index is 6.09. The van der Waals surface area contributed by atoms with Gasteiger partial charge in [0.25, 0.3) is 0 Å². The zero-order valence-corrected chi connectivity index (χ0v) is 14.0. The summed E-state index contributed by atoms with van der Waals surface area (Å²) in [4.78, 5) is 6.89. The SMILES string of the molecule is Cc1nc(CN2CCOC(c3ccc(Cl)c(Cl)c3)C2)cs1. The second-order valence-corrected chi connectivity index (χ2v) is 7.00. The quantitative estimate of drug-likeness (QED) is 0.829. The zero-order chi connectivity index (χ0) is 14.8. The van der Waals surface area contributed by atoms with Gasteiger partial charge >= 0.3 is 0 Å². The van der Waals surface area contributed by atoms with Crippen molar-refractivity contribution in [2.24, 2.45) is 0 Å². The van der Waals surface area contributed by atoms with Crippen LogP contribution in [0, 0.1) is 6.92 Å². The van der Waals surface area contributed by atoms with E-state index in [0.717, 1.165) is 35.9 Å². The van der Waals surface area contributed by atoms with Crippen molar-refractivity contribution in [3.63, 3.8) is 0 Å². The minimum absolute atomic E-state index is 0.0354. The van der Waals surface area contributed by atoms with Gasteiger partial charge in [0.05, 0.1) is 33.5 Å². The molecule has 0 aliphatic carbocycles. The first-order chi connectivity index (χ1) is 10.1. The first-order valence-electron chi connectivity index (χ1n) is 6.82. The lowest BCUT2D eigenvalue weighted by atomic mass is 10.1. The topological polar surface area (TPSA) is 25.4 Å². The predicted molar refractivity (Wildman–Crippen MR) is 87.3 cm³/mol. The first kappa shape index (κ1) is 15.3. The number of aryl methyl sites for hydroxylation is 1. The Morgan fingerprint density at radius 2 is 2.24 bits per heavy atom. The van der Waals surface area contributed by atoms with E-state index in [1.54, 1.807) is 11.3 Å². The highest BCUT2D eigenvalue weighted by Crippen LogP contribution is 2.29. The first-order valence-corrected chi connectivity index (χ1v) is 8.45. The van der Waals surface area contributed by atoms with E-state index in [1.165, 1.54) is 0 Å². The lowest BCUT2D eigenvalue weighted by Crippen LogP contribution is -2.37. The van der Waals surface area contributed by atoms with Crippen LogP contribution in [0.15, 0.2) is 23.6 Å². The summed E-state index contributed by atoms with van der Waals surface area (Å²) < 4.78 is 5.87. The molecule has 3 rings (SSSR count). The number of ether oxygens (including phenoxy) is 1. The van der Waals surface area contributed by atoms with Gasteiger partial charge in [0.15, 0.2) is 0 Å². The van der Waals surface area contributed by atoms with Crippen LogP contribution in [-0.2, 0) is 11.3 Å². The van der Waals surface area contributed by atoms with Crippen molar-refractivity contribution in [2.75, 3.05) is 19.7 Å². The van der Waals surface area contributed by atoms with E-state index in [9.17, 15) is 0 Å². The maximum Gasteiger partial charge on any atom is 0.0953 e. The molecule has 21 heavy (non-hydrogen) atoms. The summed E-state index contributed by atoms with van der Waals surface area (Å²) in [7, 11) is 0.